The zero-order valence-electron chi connectivity index (χ0n) is 14.3. The first kappa shape index (κ1) is 14.1. The lowest BCUT2D eigenvalue weighted by Crippen LogP contribution is -2.29. The molecule has 0 saturated heterocycles. The van der Waals surface area contributed by atoms with E-state index in [9.17, 15) is 0 Å². The Balaban J connectivity index is 1.53. The first-order valence-corrected chi connectivity index (χ1v) is 8.64. The molecular weight excluding hydrogens is 294 g/mol. The quantitative estimate of drug-likeness (QED) is 0.864. The largest absolute Gasteiger partial charge is 0.221 e. The van der Waals surface area contributed by atoms with Crippen molar-refractivity contribution in [2.24, 2.45) is 17.3 Å². The van der Waals surface area contributed by atoms with Gasteiger partial charge in [-0.05, 0) is 31.2 Å². The van der Waals surface area contributed by atoms with E-state index in [1.807, 2.05) is 6.07 Å². The molecule has 0 aliphatic heterocycles. The van der Waals surface area contributed by atoms with Crippen LogP contribution in [0.15, 0.2) is 61.0 Å². The Hall–Kier alpha value is -2.29. The van der Waals surface area contributed by atoms with Gasteiger partial charge < -0.3 is 0 Å². The summed E-state index contributed by atoms with van der Waals surface area (Å²) in [7, 11) is 0. The molecule has 0 radical (unpaired) electrons. The average molecular weight is 315 g/mol. The zero-order chi connectivity index (χ0) is 16.6. The number of aromatic nitrogens is 3. The molecule has 120 valence electrons. The second-order valence-electron chi connectivity index (χ2n) is 8.01. The number of hydrogen-bond donors (Lipinski definition) is 0. The molecule has 0 bridgehead atoms. The van der Waals surface area contributed by atoms with Crippen LogP contribution < -0.4 is 0 Å². The maximum Gasteiger partial charge on any atom is 0.142 e. The fourth-order valence-corrected chi connectivity index (χ4v) is 4.98. The monoisotopic (exact) mass is 315 g/mol. The normalized spacial score (nSPS) is 35.3. The molecule has 1 spiro atoms. The summed E-state index contributed by atoms with van der Waals surface area (Å²) in [6.45, 7) is 6.68. The highest BCUT2D eigenvalue weighted by atomic mass is 15.1. The Morgan fingerprint density at radius 1 is 1.04 bits per heavy atom. The van der Waals surface area contributed by atoms with Gasteiger partial charge in [-0.15, -0.1) is 0 Å². The third-order valence-corrected chi connectivity index (χ3v) is 6.65. The van der Waals surface area contributed by atoms with Crippen molar-refractivity contribution in [3.8, 4) is 0 Å². The molecule has 4 unspecified atom stereocenters. The summed E-state index contributed by atoms with van der Waals surface area (Å²) in [4.78, 5) is 14.0. The van der Waals surface area contributed by atoms with Crippen LogP contribution in [0.4, 0.5) is 0 Å². The lowest BCUT2D eigenvalue weighted by Gasteiger charge is -2.28. The zero-order valence-corrected chi connectivity index (χ0v) is 14.3. The fourth-order valence-electron chi connectivity index (χ4n) is 4.98. The van der Waals surface area contributed by atoms with Gasteiger partial charge in [-0.2, -0.15) is 0 Å². The van der Waals surface area contributed by atoms with Gasteiger partial charge in [0.1, 0.15) is 18.0 Å². The third-order valence-electron chi connectivity index (χ3n) is 6.65. The average Bonchev–Trinajstić information content (AvgIpc) is 3.47. The van der Waals surface area contributed by atoms with Gasteiger partial charge in [0.2, 0.25) is 0 Å². The molecule has 24 heavy (non-hydrogen) atoms. The van der Waals surface area contributed by atoms with Crippen LogP contribution in [0, 0.1) is 17.3 Å². The first-order chi connectivity index (χ1) is 11.5. The highest BCUT2D eigenvalue weighted by Gasteiger charge is 2.93. The van der Waals surface area contributed by atoms with Gasteiger partial charge in [0.15, 0.2) is 0 Å². The number of rotatable bonds is 3. The van der Waals surface area contributed by atoms with Gasteiger partial charge in [0, 0.05) is 16.2 Å². The highest BCUT2D eigenvalue weighted by Crippen LogP contribution is 2.92. The molecular formula is C21H21N3. The molecule has 1 aromatic carbocycles. The Morgan fingerprint density at radius 3 is 2.58 bits per heavy atom. The van der Waals surface area contributed by atoms with Crippen LogP contribution in [0.5, 0.6) is 0 Å². The molecule has 5 rings (SSSR count). The Labute approximate surface area is 142 Å². The molecule has 3 heteroatoms. The Bertz CT molecular complexity index is 883. The van der Waals surface area contributed by atoms with E-state index in [4.69, 9.17) is 4.98 Å². The van der Waals surface area contributed by atoms with Crippen LogP contribution in [-0.2, 0) is 10.8 Å². The van der Waals surface area contributed by atoms with E-state index in [1.165, 1.54) is 5.56 Å². The Kier molecular flexibility index (Phi) is 2.47. The van der Waals surface area contributed by atoms with Crippen LogP contribution in [0.25, 0.3) is 0 Å². The number of hydrogen-bond acceptors (Lipinski definition) is 3. The molecule has 2 aromatic rings. The SMILES string of the molecule is CC(C)(c1ccccc1)c1ncnc(C2(C)C3C4C=CC=CC432)n1. The van der Waals surface area contributed by atoms with Crippen LogP contribution >= 0.6 is 0 Å². The number of fused-ring (bicyclic) bond motifs is 1. The van der Waals surface area contributed by atoms with Crippen LogP contribution in [0.1, 0.15) is 38.0 Å². The molecule has 3 aliphatic rings. The lowest BCUT2D eigenvalue weighted by atomic mass is 9.80. The van der Waals surface area contributed by atoms with E-state index in [0.717, 1.165) is 11.6 Å². The number of nitrogens with zero attached hydrogens (tertiary/aromatic N) is 3. The standard InChI is InChI=1S/C21H21N3/c1-19(2,14-9-5-4-6-10-14)17-22-13-23-18(24-17)20(3)16-15-11-7-8-12-21(15,16)20/h4-13,15-16H,1-3H3. The van der Waals surface area contributed by atoms with Crippen molar-refractivity contribution < 1.29 is 0 Å². The highest BCUT2D eigenvalue weighted by molar-refractivity contribution is 5.57. The summed E-state index contributed by atoms with van der Waals surface area (Å²) in [5.41, 5.74) is 1.35. The van der Waals surface area contributed by atoms with Crippen molar-refractivity contribution >= 4 is 0 Å². The molecule has 3 nitrogen and oxygen atoms in total. The third kappa shape index (κ3) is 1.46. The summed E-state index contributed by atoms with van der Waals surface area (Å²) in [6.07, 6.45) is 10.7. The van der Waals surface area contributed by atoms with Gasteiger partial charge in [-0.3, -0.25) is 0 Å². The maximum atomic E-state index is 4.94. The minimum Gasteiger partial charge on any atom is -0.221 e. The van der Waals surface area contributed by atoms with Crippen molar-refractivity contribution in [1.82, 2.24) is 15.0 Å². The summed E-state index contributed by atoms with van der Waals surface area (Å²) >= 11 is 0. The molecule has 0 amide bonds. The second-order valence-corrected chi connectivity index (χ2v) is 8.01. The molecule has 1 heterocycles. The summed E-state index contributed by atoms with van der Waals surface area (Å²) in [6, 6.07) is 10.5. The van der Waals surface area contributed by atoms with Crippen molar-refractivity contribution in [1.29, 1.82) is 0 Å². The van der Waals surface area contributed by atoms with Gasteiger partial charge in [-0.25, -0.2) is 15.0 Å². The van der Waals surface area contributed by atoms with Crippen LogP contribution in [0.3, 0.4) is 0 Å². The molecule has 2 saturated carbocycles. The van der Waals surface area contributed by atoms with Crippen LogP contribution in [0.2, 0.25) is 0 Å². The van der Waals surface area contributed by atoms with Crippen molar-refractivity contribution in [3.63, 3.8) is 0 Å². The molecule has 2 fully saturated rings. The first-order valence-electron chi connectivity index (χ1n) is 8.64. The fraction of sp³-hybridized carbons (Fsp3) is 0.381. The smallest absolute Gasteiger partial charge is 0.142 e. The van der Waals surface area contributed by atoms with E-state index < -0.39 is 0 Å². The van der Waals surface area contributed by atoms with E-state index >= 15 is 0 Å². The molecule has 1 aromatic heterocycles. The van der Waals surface area contributed by atoms with Crippen LogP contribution in [-0.4, -0.2) is 15.0 Å². The van der Waals surface area contributed by atoms with Crippen molar-refractivity contribution in [2.45, 2.75) is 31.6 Å². The van der Waals surface area contributed by atoms with Gasteiger partial charge in [-0.1, -0.05) is 61.6 Å². The summed E-state index contributed by atoms with van der Waals surface area (Å²) in [5.74, 6) is 3.16. The molecule has 3 aliphatic carbocycles. The second kappa shape index (κ2) is 4.21. The summed E-state index contributed by atoms with van der Waals surface area (Å²) in [5, 5.41) is 0. The van der Waals surface area contributed by atoms with E-state index in [2.05, 4.69) is 79.3 Å². The van der Waals surface area contributed by atoms with Crippen molar-refractivity contribution in [2.75, 3.05) is 0 Å². The van der Waals surface area contributed by atoms with E-state index in [-0.39, 0.29) is 16.2 Å². The topological polar surface area (TPSA) is 38.7 Å². The Morgan fingerprint density at radius 2 is 1.83 bits per heavy atom. The molecule has 4 atom stereocenters. The van der Waals surface area contributed by atoms with E-state index in [1.54, 1.807) is 6.33 Å². The minimum atomic E-state index is -0.228. The molecule has 0 N–H and O–H groups in total. The van der Waals surface area contributed by atoms with Gasteiger partial charge in [0.25, 0.3) is 0 Å². The van der Waals surface area contributed by atoms with E-state index in [0.29, 0.717) is 11.8 Å². The van der Waals surface area contributed by atoms with Crippen molar-refractivity contribution in [3.05, 3.63) is 78.2 Å². The maximum absolute atomic E-state index is 4.94. The minimum absolute atomic E-state index is 0.0728. The lowest BCUT2D eigenvalue weighted by molar-refractivity contribution is 0.405. The predicted octanol–water partition coefficient (Wildman–Crippen LogP) is 3.83. The number of allylic oxidation sites excluding steroid dienone is 4. The number of benzene rings is 1. The predicted molar refractivity (Wildman–Crippen MR) is 93.4 cm³/mol. The summed E-state index contributed by atoms with van der Waals surface area (Å²) < 4.78 is 0. The van der Waals surface area contributed by atoms with Gasteiger partial charge >= 0.3 is 0 Å². The van der Waals surface area contributed by atoms with Gasteiger partial charge in [0.05, 0.1) is 0 Å².